The maximum Gasteiger partial charge on any atom is 0.240 e. The maximum atomic E-state index is 12.0. The van der Waals surface area contributed by atoms with E-state index in [-0.39, 0.29) is 24.5 Å². The second kappa shape index (κ2) is 8.14. The number of rotatable bonds is 8. The zero-order valence-electron chi connectivity index (χ0n) is 13.5. The van der Waals surface area contributed by atoms with Crippen molar-refractivity contribution in [2.45, 2.75) is 46.0 Å². The number of carbonyl (C=O) groups is 1. The van der Waals surface area contributed by atoms with Gasteiger partial charge in [-0.2, -0.15) is 0 Å². The van der Waals surface area contributed by atoms with Gasteiger partial charge in [0.1, 0.15) is 0 Å². The van der Waals surface area contributed by atoms with Crippen molar-refractivity contribution in [1.82, 2.24) is 10.1 Å². The van der Waals surface area contributed by atoms with E-state index in [9.17, 15) is 4.79 Å². The number of nitrogens with zero attached hydrogens (tertiary/aromatic N) is 2. The number of aliphatic hydroxyl groups is 1. The Bertz CT molecular complexity index is 438. The summed E-state index contributed by atoms with van der Waals surface area (Å²) < 4.78 is 5.13. The summed E-state index contributed by atoms with van der Waals surface area (Å²) in [5.74, 6) is 0.209. The van der Waals surface area contributed by atoms with Crippen LogP contribution >= 0.6 is 0 Å². The van der Waals surface area contributed by atoms with Crippen LogP contribution in [0.4, 0.5) is 5.88 Å². The molecule has 1 aromatic rings. The van der Waals surface area contributed by atoms with E-state index in [1.807, 2.05) is 25.7 Å². The van der Waals surface area contributed by atoms with Crippen molar-refractivity contribution in [1.29, 1.82) is 0 Å². The molecule has 1 aromatic heterocycles. The van der Waals surface area contributed by atoms with Crippen molar-refractivity contribution >= 4 is 11.8 Å². The summed E-state index contributed by atoms with van der Waals surface area (Å²) in [5.41, 5.74) is 0.687. The third-order valence-electron chi connectivity index (χ3n) is 3.15. The molecule has 0 saturated heterocycles. The van der Waals surface area contributed by atoms with E-state index in [4.69, 9.17) is 9.63 Å². The van der Waals surface area contributed by atoms with Crippen LogP contribution in [0, 0.1) is 0 Å². The van der Waals surface area contributed by atoms with Crippen LogP contribution in [0.25, 0.3) is 0 Å². The van der Waals surface area contributed by atoms with E-state index in [2.05, 4.69) is 17.4 Å². The lowest BCUT2D eigenvalue weighted by Crippen LogP contribution is -2.35. The first-order valence-corrected chi connectivity index (χ1v) is 7.47. The van der Waals surface area contributed by atoms with E-state index in [1.165, 1.54) is 0 Å². The number of amides is 1. The van der Waals surface area contributed by atoms with Crippen molar-refractivity contribution in [2.75, 3.05) is 31.6 Å². The minimum Gasteiger partial charge on any atom is -0.395 e. The fourth-order valence-electron chi connectivity index (χ4n) is 1.86. The van der Waals surface area contributed by atoms with Gasteiger partial charge in [-0.1, -0.05) is 39.3 Å². The quantitative estimate of drug-likeness (QED) is 0.767. The van der Waals surface area contributed by atoms with Gasteiger partial charge in [0.15, 0.2) is 0 Å². The smallest absolute Gasteiger partial charge is 0.240 e. The molecule has 0 unspecified atom stereocenters. The van der Waals surface area contributed by atoms with Crippen LogP contribution in [0.2, 0.25) is 0 Å². The Morgan fingerprint density at radius 1 is 1.43 bits per heavy atom. The molecule has 6 nitrogen and oxygen atoms in total. The highest BCUT2D eigenvalue weighted by Crippen LogP contribution is 2.23. The van der Waals surface area contributed by atoms with Crippen LogP contribution in [0.15, 0.2) is 10.6 Å². The van der Waals surface area contributed by atoms with Crippen molar-refractivity contribution in [3.63, 3.8) is 0 Å². The monoisotopic (exact) mass is 297 g/mol. The summed E-state index contributed by atoms with van der Waals surface area (Å²) in [5, 5.41) is 15.7. The largest absolute Gasteiger partial charge is 0.395 e. The van der Waals surface area contributed by atoms with E-state index in [0.29, 0.717) is 12.4 Å². The fraction of sp³-hybridized carbons (Fsp3) is 0.733. The Kier molecular flexibility index (Phi) is 6.84. The topological polar surface area (TPSA) is 78.6 Å². The molecular formula is C15H27N3O3. The summed E-state index contributed by atoms with van der Waals surface area (Å²) in [6.07, 6.45) is 2.06. The SMILES string of the molecule is CCCCN(CCO)CC(=O)Nc1cc(C(C)(C)C)no1. The molecule has 0 spiro atoms. The lowest BCUT2D eigenvalue weighted by atomic mass is 9.92. The van der Waals surface area contributed by atoms with Crippen LogP contribution in [0.1, 0.15) is 46.2 Å². The van der Waals surface area contributed by atoms with E-state index in [1.54, 1.807) is 6.07 Å². The first-order valence-electron chi connectivity index (χ1n) is 7.47. The molecule has 0 atom stereocenters. The third-order valence-corrected chi connectivity index (χ3v) is 3.15. The molecule has 0 aliphatic carbocycles. The molecule has 0 aliphatic heterocycles. The normalized spacial score (nSPS) is 11.9. The zero-order valence-corrected chi connectivity index (χ0v) is 13.5. The van der Waals surface area contributed by atoms with Gasteiger partial charge in [-0.05, 0) is 13.0 Å². The highest BCUT2D eigenvalue weighted by atomic mass is 16.5. The van der Waals surface area contributed by atoms with Crippen LogP contribution < -0.4 is 5.32 Å². The summed E-state index contributed by atoms with van der Waals surface area (Å²) >= 11 is 0. The molecule has 0 aliphatic rings. The molecule has 21 heavy (non-hydrogen) atoms. The Morgan fingerprint density at radius 2 is 2.14 bits per heavy atom. The van der Waals surface area contributed by atoms with Crippen molar-refractivity contribution in [3.05, 3.63) is 11.8 Å². The molecule has 2 N–H and O–H groups in total. The maximum absolute atomic E-state index is 12.0. The van der Waals surface area contributed by atoms with Gasteiger partial charge in [-0.3, -0.25) is 15.0 Å². The van der Waals surface area contributed by atoms with Gasteiger partial charge >= 0.3 is 0 Å². The predicted octanol–water partition coefficient (Wildman–Crippen LogP) is 2.00. The van der Waals surface area contributed by atoms with Gasteiger partial charge in [-0.15, -0.1) is 0 Å². The van der Waals surface area contributed by atoms with E-state index >= 15 is 0 Å². The highest BCUT2D eigenvalue weighted by molar-refractivity contribution is 5.90. The number of nitrogens with one attached hydrogen (secondary N) is 1. The first kappa shape index (κ1) is 17.7. The second-order valence-electron chi connectivity index (χ2n) is 6.23. The zero-order chi connectivity index (χ0) is 15.9. The Balaban J connectivity index is 2.53. The van der Waals surface area contributed by atoms with Crippen LogP contribution in [-0.4, -0.2) is 47.3 Å². The average Bonchev–Trinajstić information content (AvgIpc) is 2.84. The van der Waals surface area contributed by atoms with Crippen LogP contribution in [-0.2, 0) is 10.2 Å². The predicted molar refractivity (Wildman–Crippen MR) is 82.3 cm³/mol. The summed E-state index contributed by atoms with van der Waals surface area (Å²) in [6, 6.07) is 1.75. The molecule has 1 rings (SSSR count). The van der Waals surface area contributed by atoms with E-state index in [0.717, 1.165) is 25.1 Å². The molecular weight excluding hydrogens is 270 g/mol. The Morgan fingerprint density at radius 3 is 2.67 bits per heavy atom. The number of anilines is 1. The number of unbranched alkanes of at least 4 members (excludes halogenated alkanes) is 1. The highest BCUT2D eigenvalue weighted by Gasteiger charge is 2.20. The van der Waals surface area contributed by atoms with Gasteiger partial charge in [-0.25, -0.2) is 0 Å². The molecule has 120 valence electrons. The van der Waals surface area contributed by atoms with Crippen molar-refractivity contribution in [2.24, 2.45) is 0 Å². The molecule has 6 heteroatoms. The number of aliphatic hydroxyl groups excluding tert-OH is 1. The number of hydrogen-bond acceptors (Lipinski definition) is 5. The Hall–Kier alpha value is -1.40. The third kappa shape index (κ3) is 6.27. The van der Waals surface area contributed by atoms with Gasteiger partial charge in [0.2, 0.25) is 11.8 Å². The first-order chi connectivity index (χ1) is 9.86. The lowest BCUT2D eigenvalue weighted by Gasteiger charge is -2.19. The van der Waals surface area contributed by atoms with E-state index < -0.39 is 0 Å². The fourth-order valence-corrected chi connectivity index (χ4v) is 1.86. The summed E-state index contributed by atoms with van der Waals surface area (Å²) in [6.45, 7) is 9.78. The molecule has 0 fully saturated rings. The number of hydrogen-bond donors (Lipinski definition) is 2. The molecule has 0 saturated carbocycles. The van der Waals surface area contributed by atoms with Crippen LogP contribution in [0.5, 0.6) is 0 Å². The second-order valence-corrected chi connectivity index (χ2v) is 6.23. The van der Waals surface area contributed by atoms with Crippen LogP contribution in [0.3, 0.4) is 0 Å². The van der Waals surface area contributed by atoms with Crippen molar-refractivity contribution < 1.29 is 14.4 Å². The number of carbonyl (C=O) groups excluding carboxylic acids is 1. The summed E-state index contributed by atoms with van der Waals surface area (Å²) in [7, 11) is 0. The lowest BCUT2D eigenvalue weighted by molar-refractivity contribution is -0.117. The standard InChI is InChI=1S/C15H27N3O3/c1-5-6-7-18(8-9-19)11-13(20)16-14-10-12(17-21-14)15(2,3)4/h10,19H,5-9,11H2,1-4H3,(H,16,20). The van der Waals surface area contributed by atoms with Gasteiger partial charge < -0.3 is 9.63 Å². The minimum atomic E-state index is -0.156. The molecule has 0 aromatic carbocycles. The average molecular weight is 297 g/mol. The molecule has 0 bridgehead atoms. The molecule has 1 amide bonds. The minimum absolute atomic E-state index is 0.0491. The summed E-state index contributed by atoms with van der Waals surface area (Å²) in [4.78, 5) is 13.9. The van der Waals surface area contributed by atoms with Gasteiger partial charge in [0.25, 0.3) is 0 Å². The van der Waals surface area contributed by atoms with Crippen molar-refractivity contribution in [3.8, 4) is 0 Å². The molecule has 0 radical (unpaired) electrons. The Labute approximate surface area is 126 Å². The van der Waals surface area contributed by atoms with Gasteiger partial charge in [0, 0.05) is 18.0 Å². The molecule has 1 heterocycles. The van der Waals surface area contributed by atoms with Gasteiger partial charge in [0.05, 0.1) is 18.8 Å². The number of aromatic nitrogens is 1.